The number of nitrogens with two attached hydrogens (primary N) is 2. The SMILES string of the molecule is Cc1cc(N)c(C)c(S(=O)(=O)NCC(C)(C)C(N)=O)c1. The summed E-state index contributed by atoms with van der Waals surface area (Å²) in [7, 11) is -3.74. The topological polar surface area (TPSA) is 115 Å². The fraction of sp³-hybridized carbons (Fsp3) is 0.462. The zero-order valence-corrected chi connectivity index (χ0v) is 13.0. The van der Waals surface area contributed by atoms with Crippen molar-refractivity contribution in [1.29, 1.82) is 0 Å². The van der Waals surface area contributed by atoms with Gasteiger partial charge in [-0.1, -0.05) is 0 Å². The van der Waals surface area contributed by atoms with Gasteiger partial charge in [0, 0.05) is 12.2 Å². The summed E-state index contributed by atoms with van der Waals surface area (Å²) in [5.41, 5.74) is 11.7. The van der Waals surface area contributed by atoms with Gasteiger partial charge in [-0.2, -0.15) is 0 Å². The third-order valence-corrected chi connectivity index (χ3v) is 4.73. The Morgan fingerprint density at radius 3 is 2.35 bits per heavy atom. The van der Waals surface area contributed by atoms with Crippen LogP contribution in [0.5, 0.6) is 0 Å². The van der Waals surface area contributed by atoms with Crippen LogP contribution in [0.15, 0.2) is 17.0 Å². The summed E-state index contributed by atoms with van der Waals surface area (Å²) < 4.78 is 27.0. The highest BCUT2D eigenvalue weighted by atomic mass is 32.2. The fourth-order valence-electron chi connectivity index (χ4n) is 1.57. The number of hydrogen-bond donors (Lipinski definition) is 3. The van der Waals surface area contributed by atoms with Crippen molar-refractivity contribution in [3.05, 3.63) is 23.3 Å². The van der Waals surface area contributed by atoms with E-state index in [1.165, 1.54) is 0 Å². The Balaban J connectivity index is 3.10. The minimum absolute atomic E-state index is 0.0715. The van der Waals surface area contributed by atoms with E-state index in [1.807, 2.05) is 0 Å². The zero-order chi connectivity index (χ0) is 15.7. The molecular formula is C13H21N3O3S. The van der Waals surface area contributed by atoms with Gasteiger partial charge in [0.15, 0.2) is 0 Å². The summed E-state index contributed by atoms with van der Waals surface area (Å²) in [5.74, 6) is -0.569. The molecule has 0 aromatic heterocycles. The molecule has 0 saturated carbocycles. The van der Waals surface area contributed by atoms with E-state index >= 15 is 0 Å². The van der Waals surface area contributed by atoms with Gasteiger partial charge in [-0.3, -0.25) is 4.79 Å². The Morgan fingerprint density at radius 1 is 1.30 bits per heavy atom. The molecule has 6 nitrogen and oxygen atoms in total. The lowest BCUT2D eigenvalue weighted by Gasteiger charge is -2.21. The van der Waals surface area contributed by atoms with Gasteiger partial charge in [-0.05, 0) is 51.0 Å². The van der Waals surface area contributed by atoms with Crippen molar-refractivity contribution >= 4 is 21.6 Å². The first kappa shape index (κ1) is 16.5. The average molecular weight is 299 g/mol. The molecule has 0 aliphatic rings. The van der Waals surface area contributed by atoms with E-state index in [9.17, 15) is 13.2 Å². The van der Waals surface area contributed by atoms with E-state index in [0.717, 1.165) is 5.56 Å². The van der Waals surface area contributed by atoms with Crippen molar-refractivity contribution in [2.75, 3.05) is 12.3 Å². The summed E-state index contributed by atoms with van der Waals surface area (Å²) in [6.07, 6.45) is 0. The molecule has 1 aromatic rings. The molecule has 0 unspecified atom stereocenters. The van der Waals surface area contributed by atoms with Crippen LogP contribution in [0, 0.1) is 19.3 Å². The quantitative estimate of drug-likeness (QED) is 0.693. The first-order valence-electron chi connectivity index (χ1n) is 6.13. The highest BCUT2D eigenvalue weighted by Gasteiger charge is 2.28. The van der Waals surface area contributed by atoms with Crippen molar-refractivity contribution in [2.45, 2.75) is 32.6 Å². The maximum absolute atomic E-state index is 12.3. The van der Waals surface area contributed by atoms with Crippen LogP contribution in [0.1, 0.15) is 25.0 Å². The van der Waals surface area contributed by atoms with E-state index in [-0.39, 0.29) is 11.4 Å². The van der Waals surface area contributed by atoms with Crippen LogP contribution in [-0.2, 0) is 14.8 Å². The average Bonchev–Trinajstić information content (AvgIpc) is 2.31. The second-order valence-corrected chi connectivity index (χ2v) is 7.29. The molecule has 5 N–H and O–H groups in total. The van der Waals surface area contributed by atoms with E-state index in [1.54, 1.807) is 39.8 Å². The lowest BCUT2D eigenvalue weighted by Crippen LogP contribution is -2.42. The van der Waals surface area contributed by atoms with Gasteiger partial charge < -0.3 is 11.5 Å². The largest absolute Gasteiger partial charge is 0.398 e. The van der Waals surface area contributed by atoms with Crippen LogP contribution in [0.3, 0.4) is 0 Å². The first-order valence-corrected chi connectivity index (χ1v) is 7.62. The van der Waals surface area contributed by atoms with Gasteiger partial charge in [-0.25, -0.2) is 13.1 Å². The lowest BCUT2D eigenvalue weighted by molar-refractivity contribution is -0.125. The van der Waals surface area contributed by atoms with Gasteiger partial charge in [0.25, 0.3) is 0 Å². The Bertz CT molecular complexity index is 637. The highest BCUT2D eigenvalue weighted by Crippen LogP contribution is 2.23. The lowest BCUT2D eigenvalue weighted by atomic mass is 9.93. The third kappa shape index (κ3) is 3.49. The van der Waals surface area contributed by atoms with Crippen LogP contribution in [0.4, 0.5) is 5.69 Å². The molecule has 0 saturated heterocycles. The van der Waals surface area contributed by atoms with Crippen molar-refractivity contribution in [2.24, 2.45) is 11.1 Å². The molecule has 1 rings (SSSR count). The molecule has 112 valence electrons. The van der Waals surface area contributed by atoms with Gasteiger partial charge in [0.05, 0.1) is 10.3 Å². The standard InChI is InChI=1S/C13H21N3O3S/c1-8-5-10(14)9(2)11(6-8)20(18,19)16-7-13(3,4)12(15)17/h5-6,16H,7,14H2,1-4H3,(H2,15,17). The molecule has 0 aliphatic carbocycles. The number of sulfonamides is 1. The zero-order valence-electron chi connectivity index (χ0n) is 12.1. The molecule has 1 amide bonds. The normalized spacial score (nSPS) is 12.4. The van der Waals surface area contributed by atoms with Crippen LogP contribution in [-0.4, -0.2) is 20.9 Å². The molecule has 0 atom stereocenters. The second kappa shape index (κ2) is 5.41. The molecule has 0 radical (unpaired) electrons. The maximum atomic E-state index is 12.3. The molecule has 7 heteroatoms. The van der Waals surface area contributed by atoms with Crippen LogP contribution in [0.2, 0.25) is 0 Å². The smallest absolute Gasteiger partial charge is 0.240 e. The molecule has 20 heavy (non-hydrogen) atoms. The molecular weight excluding hydrogens is 278 g/mol. The number of primary amides is 1. The van der Waals surface area contributed by atoms with Crippen molar-refractivity contribution in [3.8, 4) is 0 Å². The Labute approximate surface area is 119 Å². The van der Waals surface area contributed by atoms with Crippen LogP contribution < -0.4 is 16.2 Å². The molecule has 0 heterocycles. The summed E-state index contributed by atoms with van der Waals surface area (Å²) in [6, 6.07) is 3.26. The van der Waals surface area contributed by atoms with Crippen molar-refractivity contribution < 1.29 is 13.2 Å². The minimum Gasteiger partial charge on any atom is -0.398 e. The number of nitrogen functional groups attached to an aromatic ring is 1. The van der Waals surface area contributed by atoms with E-state index in [0.29, 0.717) is 11.3 Å². The molecule has 1 aromatic carbocycles. The van der Waals surface area contributed by atoms with Crippen molar-refractivity contribution in [1.82, 2.24) is 4.72 Å². The maximum Gasteiger partial charge on any atom is 0.240 e. The Morgan fingerprint density at radius 2 is 1.85 bits per heavy atom. The molecule has 0 spiro atoms. The van der Waals surface area contributed by atoms with Crippen LogP contribution >= 0.6 is 0 Å². The summed E-state index contributed by atoms with van der Waals surface area (Å²) in [6.45, 7) is 6.49. The monoisotopic (exact) mass is 299 g/mol. The molecule has 0 fully saturated rings. The number of carbonyl (C=O) groups is 1. The van der Waals surface area contributed by atoms with Gasteiger partial charge in [-0.15, -0.1) is 0 Å². The number of amides is 1. The van der Waals surface area contributed by atoms with Crippen molar-refractivity contribution in [3.63, 3.8) is 0 Å². The fourth-order valence-corrected chi connectivity index (χ4v) is 3.14. The minimum atomic E-state index is -3.74. The second-order valence-electron chi connectivity index (χ2n) is 5.55. The van der Waals surface area contributed by atoms with Gasteiger partial charge in [0.1, 0.15) is 0 Å². The highest BCUT2D eigenvalue weighted by molar-refractivity contribution is 7.89. The van der Waals surface area contributed by atoms with Crippen LogP contribution in [0.25, 0.3) is 0 Å². The number of rotatable bonds is 5. The predicted molar refractivity (Wildman–Crippen MR) is 78.5 cm³/mol. The van der Waals surface area contributed by atoms with Gasteiger partial charge >= 0.3 is 0 Å². The van der Waals surface area contributed by atoms with E-state index in [2.05, 4.69) is 4.72 Å². The number of benzene rings is 1. The molecule has 0 bridgehead atoms. The number of nitrogens with one attached hydrogen (secondary N) is 1. The number of anilines is 1. The van der Waals surface area contributed by atoms with Gasteiger partial charge in [0.2, 0.25) is 15.9 Å². The Kier molecular flexibility index (Phi) is 4.45. The van der Waals surface area contributed by atoms with E-state index < -0.39 is 21.3 Å². The predicted octanol–water partition coefficient (Wildman–Crippen LogP) is 0.675. The first-order chi connectivity index (χ1) is 8.97. The number of aryl methyl sites for hydroxylation is 1. The summed E-state index contributed by atoms with van der Waals surface area (Å²) in [4.78, 5) is 11.3. The number of carbonyl (C=O) groups excluding carboxylic acids is 1. The summed E-state index contributed by atoms with van der Waals surface area (Å²) >= 11 is 0. The summed E-state index contributed by atoms with van der Waals surface area (Å²) in [5, 5.41) is 0. The Hall–Kier alpha value is -1.60. The van der Waals surface area contributed by atoms with E-state index in [4.69, 9.17) is 11.5 Å². The third-order valence-electron chi connectivity index (χ3n) is 3.21. The molecule has 0 aliphatic heterocycles. The number of hydrogen-bond acceptors (Lipinski definition) is 4.